The molecule has 0 atom stereocenters. The van der Waals surface area contributed by atoms with Crippen LogP contribution in [0.2, 0.25) is 0 Å². The Kier molecular flexibility index (Phi) is 9.24. The molecule has 1 aromatic heterocycles. The van der Waals surface area contributed by atoms with Crippen molar-refractivity contribution in [3.8, 4) is 0 Å². The first-order chi connectivity index (χ1) is 16.4. The molecule has 3 rings (SSSR count). The number of nitrogens with one attached hydrogen (secondary N) is 1. The Bertz CT molecular complexity index is 1210. The fourth-order valence-corrected chi connectivity index (χ4v) is 4.12. The SMILES string of the molecule is CCOC(=O)c1ccccc1NC(=O)CSc1nc2ccccc2c(=O)n1CCCOC(C)C. The maximum absolute atomic E-state index is 13.1. The molecule has 8 nitrogen and oxygen atoms in total. The Balaban J connectivity index is 1.76. The van der Waals surface area contributed by atoms with Crippen molar-refractivity contribution < 1.29 is 19.1 Å². The van der Waals surface area contributed by atoms with Crippen molar-refractivity contribution in [3.63, 3.8) is 0 Å². The number of aromatic nitrogens is 2. The summed E-state index contributed by atoms with van der Waals surface area (Å²) in [6.45, 7) is 6.84. The molecule has 0 radical (unpaired) electrons. The summed E-state index contributed by atoms with van der Waals surface area (Å²) in [7, 11) is 0. The van der Waals surface area contributed by atoms with E-state index in [1.807, 2.05) is 19.9 Å². The standard InChI is InChI=1S/C25H29N3O5S/c1-4-32-24(31)19-11-6-8-13-21(19)26-22(29)16-34-25-27-20-12-7-5-10-18(20)23(30)28(25)14-9-15-33-17(2)3/h5-8,10-13,17H,4,9,14-16H2,1-3H3,(H,26,29). The van der Waals surface area contributed by atoms with Crippen LogP contribution < -0.4 is 10.9 Å². The second kappa shape index (κ2) is 12.3. The molecule has 9 heteroatoms. The molecular weight excluding hydrogens is 454 g/mol. The van der Waals surface area contributed by atoms with Gasteiger partial charge in [0.05, 0.1) is 40.6 Å². The third kappa shape index (κ3) is 6.68. The fourth-order valence-electron chi connectivity index (χ4n) is 3.29. The number of rotatable bonds is 11. The highest BCUT2D eigenvalue weighted by molar-refractivity contribution is 7.99. The number of carbonyl (C=O) groups excluding carboxylic acids is 2. The number of hydrogen-bond donors (Lipinski definition) is 1. The lowest BCUT2D eigenvalue weighted by molar-refractivity contribution is -0.113. The summed E-state index contributed by atoms with van der Waals surface area (Å²) < 4.78 is 12.2. The number of amides is 1. The van der Waals surface area contributed by atoms with Crippen molar-refractivity contribution in [1.82, 2.24) is 9.55 Å². The normalized spacial score (nSPS) is 11.1. The number of fused-ring (bicyclic) bond motifs is 1. The highest BCUT2D eigenvalue weighted by atomic mass is 32.2. The number of esters is 1. The quantitative estimate of drug-likeness (QED) is 0.190. The predicted molar refractivity (Wildman–Crippen MR) is 133 cm³/mol. The van der Waals surface area contributed by atoms with E-state index in [0.717, 1.165) is 0 Å². The molecule has 1 N–H and O–H groups in total. The lowest BCUT2D eigenvalue weighted by Gasteiger charge is -2.14. The third-order valence-corrected chi connectivity index (χ3v) is 5.81. The minimum absolute atomic E-state index is 0.0183. The van der Waals surface area contributed by atoms with Crippen molar-refractivity contribution in [2.45, 2.75) is 45.0 Å². The molecule has 0 bridgehead atoms. The molecule has 0 fully saturated rings. The van der Waals surface area contributed by atoms with E-state index in [-0.39, 0.29) is 35.5 Å². The van der Waals surface area contributed by atoms with E-state index >= 15 is 0 Å². The van der Waals surface area contributed by atoms with Gasteiger partial charge in [0, 0.05) is 13.2 Å². The van der Waals surface area contributed by atoms with E-state index in [1.165, 1.54) is 11.8 Å². The topological polar surface area (TPSA) is 99.5 Å². The van der Waals surface area contributed by atoms with Gasteiger partial charge < -0.3 is 14.8 Å². The zero-order valence-corrected chi connectivity index (χ0v) is 20.4. The summed E-state index contributed by atoms with van der Waals surface area (Å²) in [6.07, 6.45) is 0.756. The van der Waals surface area contributed by atoms with Crippen LogP contribution in [-0.2, 0) is 20.8 Å². The molecule has 34 heavy (non-hydrogen) atoms. The molecule has 0 unspecified atom stereocenters. The second-order valence-electron chi connectivity index (χ2n) is 7.74. The third-order valence-electron chi connectivity index (χ3n) is 4.83. The zero-order chi connectivity index (χ0) is 24.5. The minimum Gasteiger partial charge on any atom is -0.462 e. The van der Waals surface area contributed by atoms with Crippen molar-refractivity contribution in [1.29, 1.82) is 0 Å². The van der Waals surface area contributed by atoms with E-state index in [9.17, 15) is 14.4 Å². The maximum atomic E-state index is 13.1. The first-order valence-electron chi connectivity index (χ1n) is 11.2. The molecule has 0 saturated heterocycles. The number of benzene rings is 2. The smallest absolute Gasteiger partial charge is 0.340 e. The van der Waals surface area contributed by atoms with Gasteiger partial charge in [-0.05, 0) is 51.5 Å². The average Bonchev–Trinajstić information content (AvgIpc) is 2.82. The average molecular weight is 484 g/mol. The van der Waals surface area contributed by atoms with E-state index in [1.54, 1.807) is 54.0 Å². The number of anilines is 1. The molecule has 2 aromatic carbocycles. The van der Waals surface area contributed by atoms with Gasteiger partial charge in [-0.3, -0.25) is 14.2 Å². The summed E-state index contributed by atoms with van der Waals surface area (Å²) in [5, 5.41) is 3.75. The Morgan fingerprint density at radius 3 is 2.62 bits per heavy atom. The van der Waals surface area contributed by atoms with Gasteiger partial charge in [-0.1, -0.05) is 36.0 Å². The molecule has 1 heterocycles. The van der Waals surface area contributed by atoms with E-state index in [0.29, 0.717) is 41.3 Å². The molecule has 1 amide bonds. The first-order valence-corrected chi connectivity index (χ1v) is 12.2. The Hall–Kier alpha value is -3.17. The molecule has 0 aliphatic carbocycles. The van der Waals surface area contributed by atoms with Crippen LogP contribution in [-0.4, -0.2) is 46.5 Å². The minimum atomic E-state index is -0.500. The summed E-state index contributed by atoms with van der Waals surface area (Å²) in [5.74, 6) is -0.802. The highest BCUT2D eigenvalue weighted by Crippen LogP contribution is 2.20. The lowest BCUT2D eigenvalue weighted by Crippen LogP contribution is -2.25. The van der Waals surface area contributed by atoms with Crippen LogP contribution in [0.4, 0.5) is 5.69 Å². The van der Waals surface area contributed by atoms with Crippen LogP contribution in [0.3, 0.4) is 0 Å². The molecule has 180 valence electrons. The number of ether oxygens (including phenoxy) is 2. The highest BCUT2D eigenvalue weighted by Gasteiger charge is 2.16. The van der Waals surface area contributed by atoms with Crippen molar-refractivity contribution >= 4 is 40.2 Å². The van der Waals surface area contributed by atoms with Crippen LogP contribution in [0.15, 0.2) is 58.5 Å². The van der Waals surface area contributed by atoms with Crippen LogP contribution >= 0.6 is 11.8 Å². The Morgan fingerprint density at radius 1 is 1.12 bits per heavy atom. The molecular formula is C25H29N3O5S. The zero-order valence-electron chi connectivity index (χ0n) is 19.6. The first kappa shape index (κ1) is 25.5. The number of nitrogens with zero attached hydrogens (tertiary/aromatic N) is 2. The van der Waals surface area contributed by atoms with E-state index < -0.39 is 5.97 Å². The van der Waals surface area contributed by atoms with Gasteiger partial charge in [0.25, 0.3) is 5.56 Å². The Morgan fingerprint density at radius 2 is 1.85 bits per heavy atom. The van der Waals surface area contributed by atoms with Crippen LogP contribution in [0.1, 0.15) is 37.6 Å². The van der Waals surface area contributed by atoms with Crippen molar-refractivity contribution in [3.05, 3.63) is 64.4 Å². The van der Waals surface area contributed by atoms with Gasteiger partial charge in [0.1, 0.15) is 0 Å². The van der Waals surface area contributed by atoms with Crippen molar-refractivity contribution in [2.24, 2.45) is 0 Å². The molecule has 3 aromatic rings. The van der Waals surface area contributed by atoms with Gasteiger partial charge in [-0.15, -0.1) is 0 Å². The second-order valence-corrected chi connectivity index (χ2v) is 8.69. The van der Waals surface area contributed by atoms with Gasteiger partial charge in [-0.2, -0.15) is 0 Å². The summed E-state index contributed by atoms with van der Waals surface area (Å²) >= 11 is 1.18. The lowest BCUT2D eigenvalue weighted by atomic mass is 10.2. The predicted octanol–water partition coefficient (Wildman–Crippen LogP) is 4.12. The Labute approximate surface area is 202 Å². The monoisotopic (exact) mass is 483 g/mol. The van der Waals surface area contributed by atoms with E-state index in [2.05, 4.69) is 10.3 Å². The molecule has 0 aliphatic heterocycles. The largest absolute Gasteiger partial charge is 0.462 e. The number of para-hydroxylation sites is 2. The van der Waals surface area contributed by atoms with Crippen LogP contribution in [0, 0.1) is 0 Å². The molecule has 0 aliphatic rings. The maximum Gasteiger partial charge on any atom is 0.340 e. The molecule has 0 saturated carbocycles. The number of hydrogen-bond acceptors (Lipinski definition) is 7. The van der Waals surface area contributed by atoms with Gasteiger partial charge in [0.15, 0.2) is 5.16 Å². The van der Waals surface area contributed by atoms with Crippen LogP contribution in [0.5, 0.6) is 0 Å². The van der Waals surface area contributed by atoms with Gasteiger partial charge in [0.2, 0.25) is 5.91 Å². The number of thioether (sulfide) groups is 1. The summed E-state index contributed by atoms with van der Waals surface area (Å²) in [4.78, 5) is 42.6. The van der Waals surface area contributed by atoms with E-state index in [4.69, 9.17) is 9.47 Å². The van der Waals surface area contributed by atoms with Crippen molar-refractivity contribution in [2.75, 3.05) is 24.3 Å². The van der Waals surface area contributed by atoms with Crippen LogP contribution in [0.25, 0.3) is 10.9 Å². The molecule has 0 spiro atoms. The summed E-state index contributed by atoms with van der Waals surface area (Å²) in [5.41, 5.74) is 1.10. The van der Waals surface area contributed by atoms with Gasteiger partial charge >= 0.3 is 5.97 Å². The fraction of sp³-hybridized carbons (Fsp3) is 0.360. The van der Waals surface area contributed by atoms with Gasteiger partial charge in [-0.25, -0.2) is 9.78 Å². The number of carbonyl (C=O) groups is 2. The summed E-state index contributed by atoms with van der Waals surface area (Å²) in [6, 6.07) is 13.8.